The summed E-state index contributed by atoms with van der Waals surface area (Å²) < 4.78 is 24.7. The van der Waals surface area contributed by atoms with Crippen molar-refractivity contribution in [3.05, 3.63) is 70.6 Å². The average Bonchev–Trinajstić information content (AvgIpc) is 3.59. The van der Waals surface area contributed by atoms with E-state index in [1.165, 1.54) is 0 Å². The third-order valence-corrected chi connectivity index (χ3v) is 6.18. The van der Waals surface area contributed by atoms with Gasteiger partial charge in [0.05, 0.1) is 0 Å². The summed E-state index contributed by atoms with van der Waals surface area (Å²) in [5.74, 6) is -1.34. The van der Waals surface area contributed by atoms with Gasteiger partial charge < -0.3 is 19.7 Å². The number of amides is 1. The molecular weight excluding hydrogens is 477 g/mol. The van der Waals surface area contributed by atoms with E-state index in [0.717, 1.165) is 18.4 Å². The number of halogens is 2. The van der Waals surface area contributed by atoms with Crippen molar-refractivity contribution >= 4 is 29.4 Å². The number of carboxylic acid groups (broad SMARTS) is 1. The lowest BCUT2D eigenvalue weighted by Gasteiger charge is -2.15. The van der Waals surface area contributed by atoms with Crippen LogP contribution in [0, 0.1) is 11.9 Å². The summed E-state index contributed by atoms with van der Waals surface area (Å²) in [6.45, 7) is 2.02. The van der Waals surface area contributed by atoms with Crippen LogP contribution in [0.2, 0.25) is 5.02 Å². The van der Waals surface area contributed by atoms with Gasteiger partial charge in [0.2, 0.25) is 0 Å². The van der Waals surface area contributed by atoms with Crippen LogP contribution < -0.4 is 10.6 Å². The summed E-state index contributed by atoms with van der Waals surface area (Å²) in [7, 11) is 0. The molecule has 10 heteroatoms. The van der Waals surface area contributed by atoms with Gasteiger partial charge in [-0.15, -0.1) is 0 Å². The van der Waals surface area contributed by atoms with Crippen molar-refractivity contribution in [2.24, 2.45) is 5.92 Å². The van der Waals surface area contributed by atoms with Gasteiger partial charge in [0, 0.05) is 22.7 Å². The molecule has 3 N–H and O–H groups in total. The standard InChI is InChI=1S/C25H25ClFN3O5/c1-14(18-4-2-3-5-19(18)26)34-25(33)29-21-22(35-30-23(21)27)17-10-8-16(9-11-17)13-28-20(24(31)32)12-15-6-7-15/h2-5,8-11,14-15,20,28H,6-7,12-13H2,1H3,(H,29,33)(H,31,32). The Labute approximate surface area is 206 Å². The van der Waals surface area contributed by atoms with Crippen LogP contribution in [0.15, 0.2) is 53.1 Å². The van der Waals surface area contributed by atoms with Crippen LogP contribution in [0.3, 0.4) is 0 Å². The minimum Gasteiger partial charge on any atom is -0.480 e. The fraction of sp³-hybridized carbons (Fsp3) is 0.320. The minimum atomic E-state index is -0.988. The van der Waals surface area contributed by atoms with E-state index in [-0.39, 0.29) is 11.4 Å². The first-order valence-electron chi connectivity index (χ1n) is 11.2. The molecule has 0 saturated heterocycles. The SMILES string of the molecule is CC(OC(=O)Nc1c(F)noc1-c1ccc(CNC(CC2CC2)C(=O)O)cc1)c1ccccc1Cl. The van der Waals surface area contributed by atoms with Gasteiger partial charge in [0.15, 0.2) is 5.76 Å². The first-order chi connectivity index (χ1) is 16.8. The summed E-state index contributed by atoms with van der Waals surface area (Å²) in [5.41, 5.74) is 1.69. The van der Waals surface area contributed by atoms with Gasteiger partial charge in [-0.25, -0.2) is 4.79 Å². The lowest BCUT2D eigenvalue weighted by atomic mass is 10.1. The topological polar surface area (TPSA) is 114 Å². The van der Waals surface area contributed by atoms with Crippen molar-refractivity contribution in [2.45, 2.75) is 44.9 Å². The molecule has 35 heavy (non-hydrogen) atoms. The Balaban J connectivity index is 1.39. The number of hydrogen-bond donors (Lipinski definition) is 3. The molecule has 8 nitrogen and oxygen atoms in total. The molecule has 1 amide bonds. The highest BCUT2D eigenvalue weighted by atomic mass is 35.5. The zero-order chi connectivity index (χ0) is 24.9. The summed E-state index contributed by atoms with van der Waals surface area (Å²) in [4.78, 5) is 23.9. The van der Waals surface area contributed by atoms with Crippen LogP contribution in [-0.2, 0) is 16.1 Å². The maximum Gasteiger partial charge on any atom is 0.412 e. The predicted molar refractivity (Wildman–Crippen MR) is 127 cm³/mol. The molecule has 2 unspecified atom stereocenters. The third kappa shape index (κ3) is 6.37. The Bertz CT molecular complexity index is 1200. The first kappa shape index (κ1) is 24.7. The number of aliphatic carboxylic acids is 1. The van der Waals surface area contributed by atoms with Gasteiger partial charge in [-0.3, -0.25) is 10.1 Å². The van der Waals surface area contributed by atoms with E-state index in [4.69, 9.17) is 20.9 Å². The molecule has 1 fully saturated rings. The number of nitrogens with zero attached hydrogens (tertiary/aromatic N) is 1. The molecule has 0 aliphatic heterocycles. The molecule has 0 spiro atoms. The third-order valence-electron chi connectivity index (χ3n) is 5.84. The Hall–Kier alpha value is -3.43. The van der Waals surface area contributed by atoms with Gasteiger partial charge in [0.1, 0.15) is 17.8 Å². The van der Waals surface area contributed by atoms with Gasteiger partial charge in [-0.2, -0.15) is 4.39 Å². The zero-order valence-electron chi connectivity index (χ0n) is 19.0. The molecule has 1 aromatic heterocycles. The average molecular weight is 502 g/mol. The van der Waals surface area contributed by atoms with E-state index in [0.29, 0.717) is 35.0 Å². The number of carbonyl (C=O) groups is 2. The van der Waals surface area contributed by atoms with Crippen LogP contribution >= 0.6 is 11.6 Å². The molecule has 184 valence electrons. The van der Waals surface area contributed by atoms with Crippen LogP contribution in [0.4, 0.5) is 14.9 Å². The Morgan fingerprint density at radius 1 is 1.23 bits per heavy atom. The maximum atomic E-state index is 14.3. The number of rotatable bonds is 10. The highest BCUT2D eigenvalue weighted by Crippen LogP contribution is 2.34. The second kappa shape index (κ2) is 10.9. The molecule has 2 aromatic carbocycles. The van der Waals surface area contributed by atoms with Crippen molar-refractivity contribution in [3.63, 3.8) is 0 Å². The number of hydrogen-bond acceptors (Lipinski definition) is 6. The normalized spacial score (nSPS) is 14.8. The van der Waals surface area contributed by atoms with Gasteiger partial charge in [0.25, 0.3) is 5.95 Å². The quantitative estimate of drug-likeness (QED) is 0.322. The van der Waals surface area contributed by atoms with Crippen LogP contribution in [0.1, 0.15) is 43.4 Å². The number of aromatic nitrogens is 1. The molecule has 0 bridgehead atoms. The van der Waals surface area contributed by atoms with Crippen LogP contribution in [0.5, 0.6) is 0 Å². The summed E-state index contributed by atoms with van der Waals surface area (Å²) in [6.07, 6.45) is 1.21. The van der Waals surface area contributed by atoms with Gasteiger partial charge >= 0.3 is 12.1 Å². The van der Waals surface area contributed by atoms with Crippen molar-refractivity contribution < 1.29 is 28.3 Å². The number of carbonyl (C=O) groups excluding carboxylic acids is 1. The second-order valence-corrected chi connectivity index (χ2v) is 8.93. The van der Waals surface area contributed by atoms with E-state index in [2.05, 4.69) is 15.8 Å². The van der Waals surface area contributed by atoms with E-state index in [1.54, 1.807) is 55.5 Å². The number of ether oxygens (including phenoxy) is 1. The van der Waals surface area contributed by atoms with Crippen LogP contribution in [0.25, 0.3) is 11.3 Å². The minimum absolute atomic E-state index is 0.0292. The number of anilines is 1. The smallest absolute Gasteiger partial charge is 0.412 e. The van der Waals surface area contributed by atoms with E-state index < -0.39 is 30.2 Å². The lowest BCUT2D eigenvalue weighted by molar-refractivity contribution is -0.139. The van der Waals surface area contributed by atoms with Crippen molar-refractivity contribution in [1.29, 1.82) is 0 Å². The maximum absolute atomic E-state index is 14.3. The number of nitrogens with one attached hydrogen (secondary N) is 2. The summed E-state index contributed by atoms with van der Waals surface area (Å²) >= 11 is 6.14. The molecule has 2 atom stereocenters. The Kier molecular flexibility index (Phi) is 7.67. The fourth-order valence-electron chi connectivity index (χ4n) is 3.71. The largest absolute Gasteiger partial charge is 0.480 e. The first-order valence-corrected chi connectivity index (χ1v) is 11.6. The van der Waals surface area contributed by atoms with Crippen molar-refractivity contribution in [1.82, 2.24) is 10.5 Å². The Morgan fingerprint density at radius 2 is 1.94 bits per heavy atom. The van der Waals surface area contributed by atoms with Crippen LogP contribution in [-0.4, -0.2) is 28.4 Å². The molecule has 1 saturated carbocycles. The van der Waals surface area contributed by atoms with E-state index >= 15 is 0 Å². The van der Waals surface area contributed by atoms with E-state index in [1.807, 2.05) is 0 Å². The van der Waals surface area contributed by atoms with Gasteiger partial charge in [-0.05, 0) is 36.0 Å². The molecule has 1 aliphatic rings. The molecule has 0 radical (unpaired) electrons. The molecule has 4 rings (SSSR count). The summed E-state index contributed by atoms with van der Waals surface area (Å²) in [5, 5.41) is 18.6. The highest BCUT2D eigenvalue weighted by molar-refractivity contribution is 6.31. The predicted octanol–water partition coefficient (Wildman–Crippen LogP) is 5.79. The molecule has 1 aliphatic carbocycles. The lowest BCUT2D eigenvalue weighted by Crippen LogP contribution is -2.36. The molecular formula is C25H25ClFN3O5. The van der Waals surface area contributed by atoms with Gasteiger partial charge in [-0.1, -0.05) is 66.9 Å². The Morgan fingerprint density at radius 3 is 2.60 bits per heavy atom. The second-order valence-electron chi connectivity index (χ2n) is 8.52. The fourth-order valence-corrected chi connectivity index (χ4v) is 4.00. The monoisotopic (exact) mass is 501 g/mol. The highest BCUT2D eigenvalue weighted by Gasteiger charge is 2.29. The van der Waals surface area contributed by atoms with E-state index in [9.17, 15) is 19.1 Å². The number of benzene rings is 2. The van der Waals surface area contributed by atoms with Crippen molar-refractivity contribution in [3.8, 4) is 11.3 Å². The zero-order valence-corrected chi connectivity index (χ0v) is 19.7. The summed E-state index contributed by atoms with van der Waals surface area (Å²) in [6, 6.07) is 13.2. The number of carboxylic acids is 1. The molecule has 3 aromatic rings. The molecule has 1 heterocycles. The van der Waals surface area contributed by atoms with Crippen molar-refractivity contribution in [2.75, 3.05) is 5.32 Å².